The van der Waals surface area contributed by atoms with E-state index in [1.165, 1.54) is 0 Å². The maximum Gasteiger partial charge on any atom is 0.324 e. The average Bonchev–Trinajstić information content (AvgIpc) is 3.08. The van der Waals surface area contributed by atoms with E-state index in [1.54, 1.807) is 0 Å². The van der Waals surface area contributed by atoms with Crippen molar-refractivity contribution in [1.29, 1.82) is 0 Å². The van der Waals surface area contributed by atoms with E-state index in [-0.39, 0.29) is 58.7 Å². The van der Waals surface area contributed by atoms with Crippen LogP contribution in [-0.2, 0) is 30.3 Å². The van der Waals surface area contributed by atoms with Gasteiger partial charge in [-0.3, -0.25) is 0 Å². The second-order valence-corrected chi connectivity index (χ2v) is 16.3. The van der Waals surface area contributed by atoms with E-state index < -0.39 is 24.8 Å². The van der Waals surface area contributed by atoms with E-state index in [0.29, 0.717) is 0 Å². The summed E-state index contributed by atoms with van der Waals surface area (Å²) in [6.45, 7) is 20.0. The minimum absolute atomic E-state index is 0.0379. The molecule has 2 aliphatic heterocycles. The fraction of sp³-hybridized carbons (Fsp3) is 1.00. The molecule has 0 spiro atoms. The molecule has 2 heterocycles. The molecule has 5 nitrogen and oxygen atoms in total. The summed E-state index contributed by atoms with van der Waals surface area (Å²) in [7, 11) is 12.7. The van der Waals surface area contributed by atoms with Crippen LogP contribution >= 0.6 is 6.72 Å². The van der Waals surface area contributed by atoms with E-state index in [1.807, 2.05) is 0 Å². The molecular weight excluding hydrogens is 453 g/mol. The fourth-order valence-corrected chi connectivity index (χ4v) is 7.17. The summed E-state index contributed by atoms with van der Waals surface area (Å²) in [6, 6.07) is -0.889. The highest BCUT2D eigenvalue weighted by Gasteiger charge is 2.53. The molecule has 0 aromatic rings. The summed E-state index contributed by atoms with van der Waals surface area (Å²) in [5.41, 5.74) is -0.339. The summed E-state index contributed by atoms with van der Waals surface area (Å²) >= 11 is 5.47. The van der Waals surface area contributed by atoms with Gasteiger partial charge in [-0.25, -0.2) is 0 Å². The first-order valence-corrected chi connectivity index (χ1v) is 14.7. The third-order valence-corrected chi connectivity index (χ3v) is 8.67. The van der Waals surface area contributed by atoms with Gasteiger partial charge in [0.1, 0.15) is 15.7 Å². The predicted octanol–water partition coefficient (Wildman–Crippen LogP) is 5.03. The maximum atomic E-state index is 11.1. The summed E-state index contributed by atoms with van der Waals surface area (Å²) in [5, 5.41) is 0. The van der Waals surface area contributed by atoms with Gasteiger partial charge in [0.2, 0.25) is 0 Å². The first-order valence-electron chi connectivity index (χ1n) is 12.1. The fourth-order valence-electron chi connectivity index (χ4n) is 5.74. The Bertz CT molecular complexity index is 715. The van der Waals surface area contributed by atoms with Crippen LogP contribution in [0.2, 0.25) is 0 Å². The number of ether oxygens (including phenoxy) is 2. The molecule has 9 heteroatoms. The number of hydrogen-bond acceptors (Lipinski definition) is 5. The van der Waals surface area contributed by atoms with Crippen molar-refractivity contribution in [2.24, 2.45) is 39.9 Å². The van der Waals surface area contributed by atoms with Crippen LogP contribution in [0.1, 0.15) is 76.2 Å². The third kappa shape index (κ3) is 7.08. The Morgan fingerprint density at radius 2 is 1.39 bits per heavy atom. The van der Waals surface area contributed by atoms with Crippen LogP contribution in [0.4, 0.5) is 0 Å². The summed E-state index contributed by atoms with van der Waals surface area (Å²) in [6.07, 6.45) is -1.05. The normalized spacial score (nSPS) is 38.1. The average molecular weight is 498 g/mol. The Hall–Kier alpha value is 0.580. The highest BCUT2D eigenvalue weighted by atomic mass is 32.5. The van der Waals surface area contributed by atoms with Crippen molar-refractivity contribution in [1.82, 2.24) is 0 Å². The largest absolute Gasteiger partial charge is 0.382 e. The van der Waals surface area contributed by atoms with Gasteiger partial charge in [-0.15, -0.1) is 0 Å². The van der Waals surface area contributed by atoms with Gasteiger partial charge in [-0.1, -0.05) is 76.2 Å². The first kappa shape index (κ1) is 29.8. The standard InChI is InChI=1S/C24H45B2O5PS/c1-13(2)15-18(19(24(9,10)11)30-20(15)25)31-32(27,33)28-12-14-16(22(3,4)5)17(21(26)29-14)23(6,7)8/h13-21H,12H2,1-11H3,(H,27,33)/t14-,15?,16+,17?,18-,19+,20-,21-,32?/m1/s1. The lowest BCUT2D eigenvalue weighted by Crippen LogP contribution is -2.42. The lowest BCUT2D eigenvalue weighted by Gasteiger charge is -2.41. The van der Waals surface area contributed by atoms with Crippen LogP contribution in [0, 0.1) is 39.9 Å². The third-order valence-electron chi connectivity index (χ3n) is 7.11. The zero-order valence-electron chi connectivity index (χ0n) is 22.5. The highest BCUT2D eigenvalue weighted by molar-refractivity contribution is 8.07. The molecule has 2 saturated heterocycles. The van der Waals surface area contributed by atoms with E-state index >= 15 is 0 Å². The Morgan fingerprint density at radius 3 is 1.82 bits per heavy atom. The Morgan fingerprint density at radius 1 is 0.879 bits per heavy atom. The lowest BCUT2D eigenvalue weighted by molar-refractivity contribution is -0.0380. The minimum Gasteiger partial charge on any atom is -0.382 e. The van der Waals surface area contributed by atoms with E-state index in [0.717, 1.165) is 0 Å². The smallest absolute Gasteiger partial charge is 0.324 e. The van der Waals surface area contributed by atoms with Crippen molar-refractivity contribution in [3.63, 3.8) is 0 Å². The molecule has 9 atom stereocenters. The molecule has 0 aromatic carbocycles. The quantitative estimate of drug-likeness (QED) is 0.410. The molecule has 0 aromatic heterocycles. The van der Waals surface area contributed by atoms with Crippen LogP contribution < -0.4 is 0 Å². The Labute approximate surface area is 210 Å². The van der Waals surface area contributed by atoms with Crippen LogP contribution in [0.3, 0.4) is 0 Å². The molecule has 33 heavy (non-hydrogen) atoms. The van der Waals surface area contributed by atoms with Gasteiger partial charge in [-0.2, -0.15) is 0 Å². The summed E-state index contributed by atoms with van der Waals surface area (Å²) in [4.78, 5) is 11.1. The maximum absolute atomic E-state index is 11.1. The molecule has 0 aliphatic carbocycles. The zero-order chi connectivity index (χ0) is 25.7. The van der Waals surface area contributed by atoms with Gasteiger partial charge in [0.25, 0.3) is 0 Å². The summed E-state index contributed by atoms with van der Waals surface area (Å²) < 4.78 is 24.3. The molecule has 2 rings (SSSR count). The molecule has 0 bridgehead atoms. The summed E-state index contributed by atoms with van der Waals surface area (Å²) in [5.74, 6) is 0.370. The van der Waals surface area contributed by atoms with Crippen molar-refractivity contribution >= 4 is 34.2 Å². The minimum atomic E-state index is -3.59. The highest BCUT2D eigenvalue weighted by Crippen LogP contribution is 2.54. The van der Waals surface area contributed by atoms with Crippen molar-refractivity contribution in [3.05, 3.63) is 0 Å². The van der Waals surface area contributed by atoms with E-state index in [2.05, 4.69) is 76.2 Å². The van der Waals surface area contributed by atoms with Crippen molar-refractivity contribution in [3.8, 4) is 0 Å². The van der Waals surface area contributed by atoms with Crippen molar-refractivity contribution in [2.45, 2.75) is 106 Å². The molecule has 4 radical (unpaired) electrons. The molecule has 3 unspecified atom stereocenters. The van der Waals surface area contributed by atoms with Crippen molar-refractivity contribution in [2.75, 3.05) is 6.61 Å². The number of hydrogen-bond donors (Lipinski definition) is 1. The van der Waals surface area contributed by atoms with Crippen LogP contribution in [0.15, 0.2) is 0 Å². The van der Waals surface area contributed by atoms with Gasteiger partial charge >= 0.3 is 6.72 Å². The SMILES string of the molecule is [B][C@@H]1O[C@H](C(C)(C)C)[C@H](OP(O)(=S)OC[C@H]2O[C@@H]([B])C(C(C)(C)C)[C@H]2C(C)(C)C)C1C(C)C. The van der Waals surface area contributed by atoms with Gasteiger partial charge in [0.15, 0.2) is 0 Å². The zero-order valence-corrected chi connectivity index (χ0v) is 24.2. The molecular formula is C24H45B2O5PS. The van der Waals surface area contributed by atoms with Gasteiger partial charge < -0.3 is 23.4 Å². The second-order valence-electron chi connectivity index (χ2n) is 13.5. The monoisotopic (exact) mass is 498 g/mol. The topological polar surface area (TPSA) is 57.2 Å². The molecule has 1 N–H and O–H groups in total. The molecule has 188 valence electrons. The van der Waals surface area contributed by atoms with Crippen LogP contribution in [0.5, 0.6) is 0 Å². The molecule has 2 aliphatic rings. The van der Waals surface area contributed by atoms with Crippen LogP contribution in [0.25, 0.3) is 0 Å². The van der Waals surface area contributed by atoms with Gasteiger partial charge in [-0.05, 0) is 45.8 Å². The van der Waals surface area contributed by atoms with E-state index in [4.69, 9.17) is 46.0 Å². The van der Waals surface area contributed by atoms with Gasteiger partial charge in [0.05, 0.1) is 24.9 Å². The molecule has 0 amide bonds. The Kier molecular flexibility index (Phi) is 9.17. The van der Waals surface area contributed by atoms with Crippen LogP contribution in [-0.4, -0.2) is 57.5 Å². The predicted molar refractivity (Wildman–Crippen MR) is 140 cm³/mol. The first-order chi connectivity index (χ1) is 14.7. The molecule has 0 saturated carbocycles. The molecule has 2 fully saturated rings. The van der Waals surface area contributed by atoms with E-state index in [9.17, 15) is 4.89 Å². The lowest BCUT2D eigenvalue weighted by atomic mass is 9.59. The van der Waals surface area contributed by atoms with Gasteiger partial charge in [0, 0.05) is 17.9 Å². The Balaban J connectivity index is 2.20. The second kappa shape index (κ2) is 10.1. The van der Waals surface area contributed by atoms with Crippen molar-refractivity contribution < 1.29 is 23.4 Å². The number of rotatable bonds is 6.